The summed E-state index contributed by atoms with van der Waals surface area (Å²) in [5.74, 6) is 0.611. The lowest BCUT2D eigenvalue weighted by molar-refractivity contribution is -0.116. The van der Waals surface area contributed by atoms with Gasteiger partial charge < -0.3 is 9.72 Å². The van der Waals surface area contributed by atoms with Crippen molar-refractivity contribution in [3.05, 3.63) is 57.9 Å². The van der Waals surface area contributed by atoms with Gasteiger partial charge in [0.25, 0.3) is 5.91 Å². The van der Waals surface area contributed by atoms with Crippen LogP contribution in [0.1, 0.15) is 10.6 Å². The van der Waals surface area contributed by atoms with Crippen LogP contribution in [-0.2, 0) is 4.79 Å². The van der Waals surface area contributed by atoms with E-state index in [4.69, 9.17) is 4.74 Å². The smallest absolute Gasteiger partial charge is 0.273 e. The number of fused-ring (bicyclic) bond motifs is 1. The van der Waals surface area contributed by atoms with E-state index in [-0.39, 0.29) is 5.91 Å². The Morgan fingerprint density at radius 2 is 2.17 bits per heavy atom. The number of hydrazone groups is 1. The number of rotatable bonds is 3. The number of thiophene rings is 1. The van der Waals surface area contributed by atoms with Gasteiger partial charge in [0.2, 0.25) is 0 Å². The van der Waals surface area contributed by atoms with Crippen molar-refractivity contribution in [3.8, 4) is 5.75 Å². The Balaban J connectivity index is 1.76. The average Bonchev–Trinajstić information content (AvgIpc) is 3.27. The summed E-state index contributed by atoms with van der Waals surface area (Å²) < 4.78 is 5.24. The molecule has 3 aromatic rings. The fraction of sp³-hybridized carbons (Fsp3) is 0.0588. The molecule has 1 amide bonds. The van der Waals surface area contributed by atoms with E-state index in [1.807, 2.05) is 47.9 Å². The van der Waals surface area contributed by atoms with Crippen molar-refractivity contribution >= 4 is 39.9 Å². The molecule has 0 aliphatic carbocycles. The molecule has 0 fully saturated rings. The van der Waals surface area contributed by atoms with Crippen LogP contribution in [0.5, 0.6) is 5.75 Å². The van der Waals surface area contributed by atoms with Gasteiger partial charge >= 0.3 is 0 Å². The third-order valence-electron chi connectivity index (χ3n) is 3.67. The summed E-state index contributed by atoms with van der Waals surface area (Å²) in [6.45, 7) is 0. The molecule has 0 bridgehead atoms. The maximum Gasteiger partial charge on any atom is 0.273 e. The van der Waals surface area contributed by atoms with Crippen LogP contribution < -0.4 is 10.2 Å². The number of ether oxygens (including phenoxy) is 1. The van der Waals surface area contributed by atoms with Crippen molar-refractivity contribution in [3.63, 3.8) is 0 Å². The number of nitrogens with zero attached hydrogens (tertiary/aromatic N) is 1. The highest BCUT2D eigenvalue weighted by Gasteiger charge is 2.24. The Bertz CT molecular complexity index is 952. The van der Waals surface area contributed by atoms with Gasteiger partial charge in [-0.2, -0.15) is 5.10 Å². The number of carbonyl (C=O) groups excluding carboxylic acids is 1. The number of aromatic nitrogens is 1. The molecule has 0 saturated carbocycles. The van der Waals surface area contributed by atoms with Crippen LogP contribution in [0.3, 0.4) is 0 Å². The molecule has 0 unspecified atom stereocenters. The van der Waals surface area contributed by atoms with Crippen LogP contribution in [0, 0.1) is 0 Å². The van der Waals surface area contributed by atoms with Gasteiger partial charge in [-0.1, -0.05) is 6.07 Å². The Morgan fingerprint density at radius 1 is 1.26 bits per heavy atom. The molecular formula is C17H13N3O2S. The molecule has 0 radical (unpaired) electrons. The monoisotopic (exact) mass is 323 g/mol. The van der Waals surface area contributed by atoms with E-state index < -0.39 is 0 Å². The maximum absolute atomic E-state index is 12.1. The van der Waals surface area contributed by atoms with Gasteiger partial charge in [-0.15, -0.1) is 11.3 Å². The van der Waals surface area contributed by atoms with Gasteiger partial charge in [0, 0.05) is 16.6 Å². The molecule has 23 heavy (non-hydrogen) atoms. The third-order valence-corrected chi connectivity index (χ3v) is 4.55. The maximum atomic E-state index is 12.1. The quantitative estimate of drug-likeness (QED) is 0.727. The molecule has 6 heteroatoms. The molecule has 1 aliphatic rings. The first-order valence-electron chi connectivity index (χ1n) is 7.05. The third kappa shape index (κ3) is 2.43. The summed E-state index contributed by atoms with van der Waals surface area (Å²) in [6.07, 6.45) is 1.83. The Morgan fingerprint density at radius 3 is 2.96 bits per heavy atom. The number of carbonyl (C=O) groups is 1. The Hall–Kier alpha value is -2.86. The number of amides is 1. The number of benzene rings is 1. The van der Waals surface area contributed by atoms with Crippen molar-refractivity contribution in [2.75, 3.05) is 7.11 Å². The molecule has 2 N–H and O–H groups in total. The number of H-pyrrole nitrogens is 1. The van der Waals surface area contributed by atoms with Crippen LogP contribution in [-0.4, -0.2) is 23.7 Å². The van der Waals surface area contributed by atoms with Crippen molar-refractivity contribution in [2.45, 2.75) is 0 Å². The number of nitrogens with one attached hydrogen (secondary N) is 2. The summed E-state index contributed by atoms with van der Waals surface area (Å²) in [5, 5.41) is 7.14. The molecule has 5 nitrogen and oxygen atoms in total. The van der Waals surface area contributed by atoms with Crippen molar-refractivity contribution < 1.29 is 9.53 Å². The summed E-state index contributed by atoms with van der Waals surface area (Å²) in [6, 6.07) is 11.7. The molecule has 3 heterocycles. The van der Waals surface area contributed by atoms with E-state index in [0.29, 0.717) is 11.3 Å². The van der Waals surface area contributed by atoms with Gasteiger partial charge in [0.05, 0.1) is 17.6 Å². The van der Waals surface area contributed by atoms with Crippen LogP contribution in [0.2, 0.25) is 0 Å². The molecule has 1 aromatic carbocycles. The molecule has 0 saturated heterocycles. The minimum atomic E-state index is -0.190. The van der Waals surface area contributed by atoms with Crippen molar-refractivity contribution in [1.82, 2.24) is 10.4 Å². The molecule has 114 valence electrons. The second-order valence-corrected chi connectivity index (χ2v) is 6.06. The molecular weight excluding hydrogens is 310 g/mol. The highest BCUT2D eigenvalue weighted by molar-refractivity contribution is 7.12. The molecule has 2 aromatic heterocycles. The normalized spacial score (nSPS) is 16.0. The number of methoxy groups -OCH3 is 1. The van der Waals surface area contributed by atoms with Gasteiger partial charge in [-0.05, 0) is 41.8 Å². The van der Waals surface area contributed by atoms with Crippen molar-refractivity contribution in [1.29, 1.82) is 0 Å². The van der Waals surface area contributed by atoms with Crippen molar-refractivity contribution in [2.24, 2.45) is 5.10 Å². The van der Waals surface area contributed by atoms with E-state index in [0.717, 1.165) is 27.2 Å². The number of hydrogen-bond acceptors (Lipinski definition) is 4. The largest absolute Gasteiger partial charge is 0.497 e. The fourth-order valence-electron chi connectivity index (χ4n) is 2.56. The lowest BCUT2D eigenvalue weighted by Gasteiger charge is -1.97. The van der Waals surface area contributed by atoms with E-state index in [1.54, 1.807) is 18.4 Å². The lowest BCUT2D eigenvalue weighted by atomic mass is 10.1. The molecule has 1 aliphatic heterocycles. The average molecular weight is 323 g/mol. The standard InChI is InChI=1S/C17H13N3O2S/c1-22-12-4-5-14-10(8-12)7-11(18-14)9-13-16(19-20-17(13)21)15-3-2-6-23-15/h2-9,18H,1H3,(H,20,21)/b13-9-. The first kappa shape index (κ1) is 13.8. The summed E-state index contributed by atoms with van der Waals surface area (Å²) >= 11 is 1.56. The van der Waals surface area contributed by atoms with E-state index in [9.17, 15) is 4.79 Å². The summed E-state index contributed by atoms with van der Waals surface area (Å²) in [4.78, 5) is 16.3. The zero-order valence-corrected chi connectivity index (χ0v) is 13.1. The second-order valence-electron chi connectivity index (χ2n) is 5.11. The van der Waals surface area contributed by atoms with Gasteiger partial charge in [-0.3, -0.25) is 4.79 Å². The first-order valence-corrected chi connectivity index (χ1v) is 7.93. The zero-order chi connectivity index (χ0) is 15.8. The SMILES string of the molecule is COc1ccc2[nH]c(/C=C3\C(=O)NN=C3c3cccs3)cc2c1. The van der Waals surface area contributed by atoms with E-state index in [2.05, 4.69) is 15.5 Å². The van der Waals surface area contributed by atoms with Gasteiger partial charge in [0.1, 0.15) is 11.5 Å². The Labute approximate surface area is 136 Å². The lowest BCUT2D eigenvalue weighted by Crippen LogP contribution is -2.13. The number of aromatic amines is 1. The summed E-state index contributed by atoms with van der Waals surface area (Å²) in [7, 11) is 1.64. The van der Waals surface area contributed by atoms with E-state index >= 15 is 0 Å². The molecule has 0 spiro atoms. The molecule has 4 rings (SSSR count). The Kier molecular flexibility index (Phi) is 3.24. The first-order chi connectivity index (χ1) is 11.2. The highest BCUT2D eigenvalue weighted by Crippen LogP contribution is 2.25. The topological polar surface area (TPSA) is 66.5 Å². The van der Waals surface area contributed by atoms with Crippen LogP contribution in [0.15, 0.2) is 52.5 Å². The van der Waals surface area contributed by atoms with Gasteiger partial charge in [0.15, 0.2) is 0 Å². The van der Waals surface area contributed by atoms with Crippen LogP contribution in [0.4, 0.5) is 0 Å². The predicted molar refractivity (Wildman–Crippen MR) is 91.8 cm³/mol. The van der Waals surface area contributed by atoms with E-state index in [1.165, 1.54) is 0 Å². The highest BCUT2D eigenvalue weighted by atomic mass is 32.1. The summed E-state index contributed by atoms with van der Waals surface area (Å²) in [5.41, 5.74) is 5.62. The van der Waals surface area contributed by atoms with Gasteiger partial charge in [-0.25, -0.2) is 5.43 Å². The van der Waals surface area contributed by atoms with Crippen LogP contribution >= 0.6 is 11.3 Å². The second kappa shape index (κ2) is 5.40. The minimum absolute atomic E-state index is 0.190. The zero-order valence-electron chi connectivity index (χ0n) is 12.3. The fourth-order valence-corrected chi connectivity index (χ4v) is 3.29. The minimum Gasteiger partial charge on any atom is -0.497 e. The van der Waals surface area contributed by atoms with Crippen LogP contribution in [0.25, 0.3) is 17.0 Å². The predicted octanol–water partition coefficient (Wildman–Crippen LogP) is 3.16. The number of hydrogen-bond donors (Lipinski definition) is 2. The molecule has 0 atom stereocenters.